The second kappa shape index (κ2) is 10.1. The maximum Gasteiger partial charge on any atom is 0.308 e. The number of rotatable bonds is 7. The first-order valence-corrected chi connectivity index (χ1v) is 9.31. The first kappa shape index (κ1) is 20.2. The monoisotopic (exact) mass is 377 g/mol. The van der Waals surface area contributed by atoms with E-state index in [1.165, 1.54) is 0 Å². The molecule has 1 N–H and O–H groups in total. The fraction of sp³-hybridized carbons (Fsp3) is 0.526. The molecule has 2 radical (unpaired) electrons. The van der Waals surface area contributed by atoms with Crippen LogP contribution in [0.5, 0.6) is 0 Å². The van der Waals surface area contributed by atoms with E-state index in [2.05, 4.69) is 16.7 Å². The Labute approximate surface area is 161 Å². The lowest BCUT2D eigenvalue weighted by Crippen LogP contribution is -2.24. The summed E-state index contributed by atoms with van der Waals surface area (Å²) in [5, 5.41) is 10.5. The van der Waals surface area contributed by atoms with Gasteiger partial charge in [0.25, 0.3) is 0 Å². The third-order valence-electron chi connectivity index (χ3n) is 4.57. The lowest BCUT2D eigenvalue weighted by Gasteiger charge is -2.14. The van der Waals surface area contributed by atoms with Gasteiger partial charge in [-0.2, -0.15) is 0 Å². The minimum absolute atomic E-state index is 0.199. The summed E-state index contributed by atoms with van der Waals surface area (Å²) in [5.41, 5.74) is 1.04. The van der Waals surface area contributed by atoms with Gasteiger partial charge in [0.2, 0.25) is 0 Å². The molecule has 1 aliphatic heterocycles. The van der Waals surface area contributed by atoms with Gasteiger partial charge in [-0.3, -0.25) is 4.79 Å². The summed E-state index contributed by atoms with van der Waals surface area (Å²) in [7, 11) is 5.55. The molecule has 2 atom stereocenters. The lowest BCUT2D eigenvalue weighted by molar-refractivity contribution is -0.142. The molecule has 1 heterocycles. The van der Waals surface area contributed by atoms with Crippen molar-refractivity contribution in [2.24, 2.45) is 11.8 Å². The zero-order chi connectivity index (χ0) is 18.2. The first-order chi connectivity index (χ1) is 12.0. The molecule has 25 heavy (non-hydrogen) atoms. The molecule has 132 valence electrons. The van der Waals surface area contributed by atoms with Crippen LogP contribution in [0.4, 0.5) is 0 Å². The van der Waals surface area contributed by atoms with Gasteiger partial charge in [-0.1, -0.05) is 47.9 Å². The Hall–Kier alpha value is -1.15. The van der Waals surface area contributed by atoms with Gasteiger partial charge >= 0.3 is 5.97 Å². The number of halogens is 2. The summed E-state index contributed by atoms with van der Waals surface area (Å²) in [5.74, 6) is 5.52. The number of benzene rings is 1. The average Bonchev–Trinajstić information content (AvgIpc) is 2.99. The normalized spacial score (nSPS) is 20.2. The standard InChI is InChI=1S/C19H22BCl2NO2/c20-9-4-6-15-12-23(13-16(15)19(24)25)10-3-1-2-5-14-7-8-17(21)18(22)11-14/h7-8,11,15-16H,3-6,9-10,12-13H2,(H,24,25)/t15-,16+/m0/s1. The van der Waals surface area contributed by atoms with Crippen LogP contribution in [0.15, 0.2) is 18.2 Å². The van der Waals surface area contributed by atoms with E-state index in [0.717, 1.165) is 37.9 Å². The minimum Gasteiger partial charge on any atom is -0.481 e. The van der Waals surface area contributed by atoms with Gasteiger partial charge in [-0.15, -0.1) is 5.92 Å². The molecule has 6 heteroatoms. The molecular weight excluding hydrogens is 356 g/mol. The van der Waals surface area contributed by atoms with Gasteiger partial charge in [0.05, 0.1) is 23.8 Å². The maximum absolute atomic E-state index is 11.4. The molecule has 0 amide bonds. The van der Waals surface area contributed by atoms with Crippen molar-refractivity contribution in [3.63, 3.8) is 0 Å². The molecule has 0 aliphatic carbocycles. The molecule has 1 aromatic rings. The zero-order valence-electron chi connectivity index (χ0n) is 14.2. The molecule has 1 fully saturated rings. The van der Waals surface area contributed by atoms with E-state index in [1.807, 2.05) is 12.1 Å². The summed E-state index contributed by atoms with van der Waals surface area (Å²) < 4.78 is 0. The van der Waals surface area contributed by atoms with E-state index in [-0.39, 0.29) is 11.8 Å². The fourth-order valence-corrected chi connectivity index (χ4v) is 3.53. The second-order valence-electron chi connectivity index (χ2n) is 6.42. The van der Waals surface area contributed by atoms with E-state index in [0.29, 0.717) is 29.3 Å². The Morgan fingerprint density at radius 1 is 1.28 bits per heavy atom. The SMILES string of the molecule is [B]CCC[C@H]1CN(CCC#CCc2ccc(Cl)c(Cl)c2)C[C@H]1C(=O)O. The van der Waals surface area contributed by atoms with Crippen molar-refractivity contribution in [1.82, 2.24) is 4.90 Å². The Balaban J connectivity index is 1.78. The fourth-order valence-electron chi connectivity index (χ4n) is 3.21. The van der Waals surface area contributed by atoms with Crippen molar-refractivity contribution in [3.05, 3.63) is 33.8 Å². The van der Waals surface area contributed by atoms with Crippen molar-refractivity contribution in [1.29, 1.82) is 0 Å². The minimum atomic E-state index is -0.699. The Morgan fingerprint density at radius 3 is 2.76 bits per heavy atom. The summed E-state index contributed by atoms with van der Waals surface area (Å²) in [6.45, 7) is 2.24. The Kier molecular flexibility index (Phi) is 8.16. The predicted octanol–water partition coefficient (Wildman–Crippen LogP) is 3.93. The topological polar surface area (TPSA) is 40.5 Å². The van der Waals surface area contributed by atoms with Crippen LogP contribution in [0.2, 0.25) is 16.4 Å². The summed E-state index contributed by atoms with van der Waals surface area (Å²) in [4.78, 5) is 13.6. The highest BCUT2D eigenvalue weighted by Crippen LogP contribution is 2.28. The van der Waals surface area contributed by atoms with Gasteiger partial charge in [0, 0.05) is 32.5 Å². The number of hydrogen-bond donors (Lipinski definition) is 1. The van der Waals surface area contributed by atoms with Gasteiger partial charge in [-0.05, 0) is 30.0 Å². The van der Waals surface area contributed by atoms with Crippen LogP contribution >= 0.6 is 23.2 Å². The quantitative estimate of drug-likeness (QED) is 0.578. The van der Waals surface area contributed by atoms with Crippen molar-refractivity contribution in [2.45, 2.75) is 32.0 Å². The second-order valence-corrected chi connectivity index (χ2v) is 7.24. The van der Waals surface area contributed by atoms with E-state index in [9.17, 15) is 9.90 Å². The molecule has 0 saturated carbocycles. The number of hydrogen-bond acceptors (Lipinski definition) is 2. The highest BCUT2D eigenvalue weighted by Gasteiger charge is 2.36. The molecule has 2 rings (SSSR count). The smallest absolute Gasteiger partial charge is 0.308 e. The summed E-state index contributed by atoms with van der Waals surface area (Å²) in [6, 6.07) is 5.53. The summed E-state index contributed by atoms with van der Waals surface area (Å²) in [6.07, 6.45) is 3.74. The van der Waals surface area contributed by atoms with Gasteiger partial charge < -0.3 is 10.0 Å². The van der Waals surface area contributed by atoms with Gasteiger partial charge in [-0.25, -0.2) is 0 Å². The highest BCUT2D eigenvalue weighted by atomic mass is 35.5. The molecule has 0 bridgehead atoms. The summed E-state index contributed by atoms with van der Waals surface area (Å²) >= 11 is 11.9. The van der Waals surface area contributed by atoms with E-state index < -0.39 is 5.97 Å². The van der Waals surface area contributed by atoms with Gasteiger partial charge in [0.1, 0.15) is 0 Å². The van der Waals surface area contributed by atoms with Crippen LogP contribution in [-0.4, -0.2) is 43.5 Å². The van der Waals surface area contributed by atoms with Crippen LogP contribution in [0, 0.1) is 23.7 Å². The van der Waals surface area contributed by atoms with E-state index in [4.69, 9.17) is 31.0 Å². The van der Waals surface area contributed by atoms with Gasteiger partial charge in [0.15, 0.2) is 0 Å². The predicted molar refractivity (Wildman–Crippen MR) is 103 cm³/mol. The van der Waals surface area contributed by atoms with Crippen molar-refractivity contribution in [3.8, 4) is 11.8 Å². The number of aliphatic carboxylic acids is 1. The largest absolute Gasteiger partial charge is 0.481 e. The number of carboxylic acids is 1. The third kappa shape index (κ3) is 6.26. The van der Waals surface area contributed by atoms with E-state index >= 15 is 0 Å². The average molecular weight is 378 g/mol. The number of likely N-dealkylation sites (tertiary alicyclic amines) is 1. The Bertz CT molecular complexity index is 657. The first-order valence-electron chi connectivity index (χ1n) is 8.56. The third-order valence-corrected chi connectivity index (χ3v) is 5.31. The molecule has 0 spiro atoms. The van der Waals surface area contributed by atoms with Crippen LogP contribution in [0.3, 0.4) is 0 Å². The maximum atomic E-state index is 11.4. The van der Waals surface area contributed by atoms with Crippen LogP contribution in [0.1, 0.15) is 24.8 Å². The van der Waals surface area contributed by atoms with Crippen molar-refractivity contribution in [2.75, 3.05) is 19.6 Å². The van der Waals surface area contributed by atoms with Crippen molar-refractivity contribution >= 4 is 37.0 Å². The van der Waals surface area contributed by atoms with E-state index in [1.54, 1.807) is 6.07 Å². The van der Waals surface area contributed by atoms with Crippen LogP contribution in [-0.2, 0) is 11.2 Å². The molecule has 3 nitrogen and oxygen atoms in total. The molecule has 0 aromatic heterocycles. The molecule has 1 aromatic carbocycles. The van der Waals surface area contributed by atoms with Crippen LogP contribution in [0.25, 0.3) is 0 Å². The highest BCUT2D eigenvalue weighted by molar-refractivity contribution is 6.42. The molecule has 1 saturated heterocycles. The van der Waals surface area contributed by atoms with Crippen molar-refractivity contribution < 1.29 is 9.90 Å². The molecule has 0 unspecified atom stereocenters. The Morgan fingerprint density at radius 2 is 2.08 bits per heavy atom. The van der Waals surface area contributed by atoms with Crippen LogP contribution < -0.4 is 0 Å². The number of carbonyl (C=O) groups is 1. The number of nitrogens with zero attached hydrogens (tertiary/aromatic N) is 1. The lowest BCUT2D eigenvalue weighted by atomic mass is 9.88. The molecular formula is C19H22BCl2NO2. The molecule has 1 aliphatic rings. The zero-order valence-corrected chi connectivity index (χ0v) is 15.7. The number of carboxylic acid groups (broad SMARTS) is 1.